The summed E-state index contributed by atoms with van der Waals surface area (Å²) in [6, 6.07) is 0. The number of hydrogen-bond donors (Lipinski definition) is 1. The van der Waals surface area contributed by atoms with Gasteiger partial charge in [-0.3, -0.25) is 4.89 Å². The molecule has 0 aromatic heterocycles. The van der Waals surface area contributed by atoms with Gasteiger partial charge in [0, 0.05) is 0 Å². The topological polar surface area (TPSA) is 55.8 Å². The molecule has 10 heavy (non-hydrogen) atoms. The third-order valence-electron chi connectivity index (χ3n) is 1.95. The Labute approximate surface area is 58.7 Å². The van der Waals surface area contributed by atoms with Gasteiger partial charge in [0.15, 0.2) is 0 Å². The predicted octanol–water partition coefficient (Wildman–Crippen LogP) is 0.209. The van der Waals surface area contributed by atoms with Crippen molar-refractivity contribution in [2.45, 2.75) is 26.6 Å². The molecule has 0 saturated carbocycles. The Kier molecular flexibility index (Phi) is 1.28. The zero-order valence-electron chi connectivity index (χ0n) is 6.17. The van der Waals surface area contributed by atoms with Gasteiger partial charge in [0.1, 0.15) is 5.41 Å². The van der Waals surface area contributed by atoms with Crippen molar-refractivity contribution >= 4 is 5.97 Å². The first kappa shape index (κ1) is 7.50. The summed E-state index contributed by atoms with van der Waals surface area (Å²) in [5.41, 5.74) is -0.979. The van der Waals surface area contributed by atoms with Gasteiger partial charge in [-0.1, -0.05) is 0 Å². The summed E-state index contributed by atoms with van der Waals surface area (Å²) in [6.45, 7) is 4.50. The lowest BCUT2D eigenvalue weighted by Gasteiger charge is -2.23. The van der Waals surface area contributed by atoms with Crippen LogP contribution in [0.1, 0.15) is 20.8 Å². The Morgan fingerprint density at radius 2 is 1.90 bits per heavy atom. The van der Waals surface area contributed by atoms with E-state index in [4.69, 9.17) is 0 Å². The molecule has 0 spiro atoms. The van der Waals surface area contributed by atoms with Crippen molar-refractivity contribution in [3.05, 3.63) is 0 Å². The van der Waals surface area contributed by atoms with Crippen molar-refractivity contribution < 1.29 is 19.7 Å². The molecule has 0 radical (unpaired) electrons. The smallest absolute Gasteiger partial charge is 0.353 e. The standard InChI is InChI=1S/C6H10O4/c1-5(2)4(7)9-10-6(5,3)8/h8H,1-3H3. The van der Waals surface area contributed by atoms with E-state index in [1.807, 2.05) is 0 Å². The molecule has 0 aromatic carbocycles. The van der Waals surface area contributed by atoms with Crippen LogP contribution >= 0.6 is 0 Å². The molecule has 1 aliphatic heterocycles. The lowest BCUT2D eigenvalue weighted by atomic mass is 9.85. The van der Waals surface area contributed by atoms with Crippen molar-refractivity contribution in [2.24, 2.45) is 5.41 Å². The first-order valence-corrected chi connectivity index (χ1v) is 3.00. The molecule has 1 saturated heterocycles. The predicted molar refractivity (Wildman–Crippen MR) is 31.6 cm³/mol. The molecule has 58 valence electrons. The molecule has 1 rings (SSSR count). The van der Waals surface area contributed by atoms with Crippen LogP contribution in [0.2, 0.25) is 0 Å². The Morgan fingerprint density at radius 1 is 1.40 bits per heavy atom. The quantitative estimate of drug-likeness (QED) is 0.496. The summed E-state index contributed by atoms with van der Waals surface area (Å²) in [6.07, 6.45) is 0. The van der Waals surface area contributed by atoms with Crippen LogP contribution in [0.4, 0.5) is 0 Å². The minimum atomic E-state index is -1.51. The van der Waals surface area contributed by atoms with Crippen molar-refractivity contribution in [1.82, 2.24) is 0 Å². The van der Waals surface area contributed by atoms with E-state index in [1.165, 1.54) is 6.92 Å². The molecular formula is C6H10O4. The zero-order valence-corrected chi connectivity index (χ0v) is 6.17. The van der Waals surface area contributed by atoms with Crippen molar-refractivity contribution in [1.29, 1.82) is 0 Å². The van der Waals surface area contributed by atoms with Gasteiger partial charge in [0.05, 0.1) is 0 Å². The normalized spacial score (nSPS) is 37.8. The zero-order chi connectivity index (χ0) is 7.99. The van der Waals surface area contributed by atoms with Gasteiger partial charge in [-0.05, 0) is 20.8 Å². The first-order chi connectivity index (χ1) is 4.38. The molecule has 4 heteroatoms. The number of carbonyl (C=O) groups is 1. The molecule has 0 bridgehead atoms. The highest BCUT2D eigenvalue weighted by Gasteiger charge is 2.55. The Morgan fingerprint density at radius 3 is 2.00 bits per heavy atom. The van der Waals surface area contributed by atoms with E-state index in [2.05, 4.69) is 9.78 Å². The monoisotopic (exact) mass is 146 g/mol. The van der Waals surface area contributed by atoms with E-state index in [1.54, 1.807) is 13.8 Å². The second-order valence-corrected chi connectivity index (χ2v) is 3.06. The summed E-state index contributed by atoms with van der Waals surface area (Å²) in [7, 11) is 0. The van der Waals surface area contributed by atoms with Crippen LogP contribution in [0.25, 0.3) is 0 Å². The summed E-state index contributed by atoms with van der Waals surface area (Å²) >= 11 is 0. The average Bonchev–Trinajstić information content (AvgIpc) is 1.94. The van der Waals surface area contributed by atoms with Crippen molar-refractivity contribution in [3.63, 3.8) is 0 Å². The highest BCUT2D eigenvalue weighted by Crippen LogP contribution is 2.38. The minimum absolute atomic E-state index is 0.544. The second kappa shape index (κ2) is 1.71. The average molecular weight is 146 g/mol. The number of aliphatic hydroxyl groups is 1. The van der Waals surface area contributed by atoms with Crippen LogP contribution in [0.15, 0.2) is 0 Å². The maximum atomic E-state index is 10.8. The molecule has 1 atom stereocenters. The van der Waals surface area contributed by atoms with Crippen LogP contribution in [0, 0.1) is 5.41 Å². The van der Waals surface area contributed by atoms with E-state index < -0.39 is 17.2 Å². The summed E-state index contributed by atoms with van der Waals surface area (Å²) < 4.78 is 0. The largest absolute Gasteiger partial charge is 0.362 e. The van der Waals surface area contributed by atoms with Crippen LogP contribution < -0.4 is 0 Å². The SMILES string of the molecule is CC1(O)OOC(=O)C1(C)C. The Bertz CT molecular complexity index is 171. The molecule has 1 aliphatic rings. The second-order valence-electron chi connectivity index (χ2n) is 3.06. The highest BCUT2D eigenvalue weighted by atomic mass is 17.2. The van der Waals surface area contributed by atoms with Gasteiger partial charge in [-0.25, -0.2) is 4.79 Å². The van der Waals surface area contributed by atoms with Gasteiger partial charge in [0.25, 0.3) is 0 Å². The molecule has 1 fully saturated rings. The number of carbonyl (C=O) groups excluding carboxylic acids is 1. The van der Waals surface area contributed by atoms with Gasteiger partial charge in [-0.2, -0.15) is 0 Å². The van der Waals surface area contributed by atoms with Gasteiger partial charge >= 0.3 is 5.97 Å². The first-order valence-electron chi connectivity index (χ1n) is 3.00. The summed E-state index contributed by atoms with van der Waals surface area (Å²) in [4.78, 5) is 19.4. The van der Waals surface area contributed by atoms with Gasteiger partial charge in [-0.15, -0.1) is 4.89 Å². The van der Waals surface area contributed by atoms with Crippen LogP contribution in [0.5, 0.6) is 0 Å². The van der Waals surface area contributed by atoms with Crippen LogP contribution in [0.3, 0.4) is 0 Å². The third-order valence-corrected chi connectivity index (χ3v) is 1.95. The highest BCUT2D eigenvalue weighted by molar-refractivity contribution is 5.77. The van der Waals surface area contributed by atoms with E-state index in [9.17, 15) is 9.90 Å². The van der Waals surface area contributed by atoms with E-state index in [0.29, 0.717) is 0 Å². The number of hydrogen-bond acceptors (Lipinski definition) is 4. The molecule has 0 aliphatic carbocycles. The van der Waals surface area contributed by atoms with Crippen molar-refractivity contribution in [3.8, 4) is 0 Å². The third kappa shape index (κ3) is 0.726. The lowest BCUT2D eigenvalue weighted by Crippen LogP contribution is -2.41. The van der Waals surface area contributed by atoms with E-state index in [0.717, 1.165) is 0 Å². The fraction of sp³-hybridized carbons (Fsp3) is 0.833. The van der Waals surface area contributed by atoms with Gasteiger partial charge < -0.3 is 5.11 Å². The summed E-state index contributed by atoms with van der Waals surface area (Å²) in [5.74, 6) is -2.05. The molecule has 1 heterocycles. The summed E-state index contributed by atoms with van der Waals surface area (Å²) in [5, 5.41) is 9.32. The molecule has 0 amide bonds. The lowest BCUT2D eigenvalue weighted by molar-refractivity contribution is -0.359. The Balaban J connectivity index is 2.95. The van der Waals surface area contributed by atoms with Gasteiger partial charge in [0.2, 0.25) is 5.79 Å². The fourth-order valence-electron chi connectivity index (χ4n) is 0.517. The minimum Gasteiger partial charge on any atom is -0.362 e. The van der Waals surface area contributed by atoms with E-state index >= 15 is 0 Å². The molecule has 1 unspecified atom stereocenters. The number of rotatable bonds is 0. The molecule has 0 aromatic rings. The van der Waals surface area contributed by atoms with Crippen LogP contribution in [-0.2, 0) is 14.6 Å². The van der Waals surface area contributed by atoms with E-state index in [-0.39, 0.29) is 0 Å². The molecule has 1 N–H and O–H groups in total. The van der Waals surface area contributed by atoms with Crippen molar-refractivity contribution in [2.75, 3.05) is 0 Å². The fourth-order valence-corrected chi connectivity index (χ4v) is 0.517. The molecular weight excluding hydrogens is 136 g/mol. The molecule has 4 nitrogen and oxygen atoms in total. The van der Waals surface area contributed by atoms with Crippen LogP contribution in [-0.4, -0.2) is 16.9 Å². The maximum absolute atomic E-state index is 10.8. The Hall–Kier alpha value is -0.610. The maximum Gasteiger partial charge on any atom is 0.353 e.